The molecule has 0 saturated carbocycles. The van der Waals surface area contributed by atoms with Gasteiger partial charge in [-0.15, -0.1) is 0 Å². The molecule has 0 aliphatic carbocycles. The predicted octanol–water partition coefficient (Wildman–Crippen LogP) is 3.44. The number of amides is 3. The van der Waals surface area contributed by atoms with Gasteiger partial charge < -0.3 is 15.5 Å². The Balaban J connectivity index is 1.14. The van der Waals surface area contributed by atoms with Crippen LogP contribution in [0.3, 0.4) is 0 Å². The van der Waals surface area contributed by atoms with E-state index >= 15 is 0 Å². The summed E-state index contributed by atoms with van der Waals surface area (Å²) in [4.78, 5) is 33.7. The van der Waals surface area contributed by atoms with Crippen LogP contribution in [0.25, 0.3) is 0 Å². The Kier molecular flexibility index (Phi) is 8.18. The van der Waals surface area contributed by atoms with E-state index in [1.165, 1.54) is 5.56 Å². The number of halogens is 1. The van der Waals surface area contributed by atoms with Gasteiger partial charge in [-0.25, -0.2) is 4.79 Å². The number of aromatic nitrogens is 1. The minimum atomic E-state index is -0.179. The Morgan fingerprint density at radius 3 is 2.39 bits per heavy atom. The van der Waals surface area contributed by atoms with Gasteiger partial charge in [0, 0.05) is 55.6 Å². The largest absolute Gasteiger partial charge is 0.342 e. The van der Waals surface area contributed by atoms with Crippen molar-refractivity contribution in [2.75, 3.05) is 26.2 Å². The van der Waals surface area contributed by atoms with Crippen molar-refractivity contribution in [2.45, 2.75) is 44.8 Å². The molecule has 0 atom stereocenters. The van der Waals surface area contributed by atoms with Crippen molar-refractivity contribution in [3.8, 4) is 0 Å². The lowest BCUT2D eigenvalue weighted by Crippen LogP contribution is -2.50. The number of likely N-dealkylation sites (tertiary alicyclic amines) is 2. The van der Waals surface area contributed by atoms with E-state index in [4.69, 9.17) is 11.6 Å². The Bertz CT molecular complexity index is 925. The van der Waals surface area contributed by atoms with Gasteiger partial charge in [0.1, 0.15) is 0 Å². The fourth-order valence-corrected chi connectivity index (χ4v) is 4.87. The summed E-state index contributed by atoms with van der Waals surface area (Å²) >= 11 is 5.99. The van der Waals surface area contributed by atoms with Crippen LogP contribution in [-0.2, 0) is 17.9 Å². The zero-order valence-electron chi connectivity index (χ0n) is 18.9. The molecule has 0 spiro atoms. The van der Waals surface area contributed by atoms with Gasteiger partial charge in [0.05, 0.1) is 0 Å². The molecule has 3 amide bonds. The second kappa shape index (κ2) is 11.5. The standard InChI is InChI=1S/C25H32ClN5O2/c26-22-3-1-2-20(16-22)17-28-25(33)29-23-8-14-31(15-9-23)24(32)21-6-12-30(13-7-21)18-19-4-10-27-11-5-19/h1-5,10-11,16,21,23H,6-9,12-15,17-18H2,(H2,28,29,33). The van der Waals surface area contributed by atoms with Gasteiger partial charge in [0.2, 0.25) is 5.91 Å². The zero-order chi connectivity index (χ0) is 23.0. The molecule has 4 rings (SSSR count). The molecule has 33 heavy (non-hydrogen) atoms. The van der Waals surface area contributed by atoms with Crippen molar-refractivity contribution in [1.82, 2.24) is 25.4 Å². The van der Waals surface area contributed by atoms with E-state index in [0.717, 1.165) is 50.9 Å². The molecule has 3 heterocycles. The lowest BCUT2D eigenvalue weighted by molar-refractivity contribution is -0.138. The maximum absolute atomic E-state index is 13.0. The summed E-state index contributed by atoms with van der Waals surface area (Å²) in [5, 5.41) is 6.58. The van der Waals surface area contributed by atoms with Crippen molar-refractivity contribution in [3.63, 3.8) is 0 Å². The van der Waals surface area contributed by atoms with Crippen LogP contribution in [0.2, 0.25) is 5.02 Å². The second-order valence-electron chi connectivity index (χ2n) is 8.96. The van der Waals surface area contributed by atoms with E-state index in [9.17, 15) is 9.59 Å². The maximum Gasteiger partial charge on any atom is 0.315 e. The third-order valence-electron chi connectivity index (χ3n) is 6.58. The number of piperidine rings is 2. The van der Waals surface area contributed by atoms with Crippen molar-refractivity contribution in [2.24, 2.45) is 5.92 Å². The van der Waals surface area contributed by atoms with Crippen LogP contribution >= 0.6 is 11.6 Å². The zero-order valence-corrected chi connectivity index (χ0v) is 19.6. The van der Waals surface area contributed by atoms with Crippen LogP contribution in [0, 0.1) is 5.92 Å². The van der Waals surface area contributed by atoms with E-state index in [1.807, 2.05) is 53.7 Å². The molecule has 2 aliphatic heterocycles. The Hall–Kier alpha value is -2.64. The van der Waals surface area contributed by atoms with Gasteiger partial charge in [-0.05, 0) is 74.2 Å². The molecule has 2 fully saturated rings. The molecule has 0 bridgehead atoms. The molecule has 2 saturated heterocycles. The fourth-order valence-electron chi connectivity index (χ4n) is 4.65. The highest BCUT2D eigenvalue weighted by Crippen LogP contribution is 2.23. The molecule has 1 aromatic heterocycles. The first kappa shape index (κ1) is 23.5. The Labute approximate surface area is 200 Å². The first-order chi connectivity index (χ1) is 16.1. The van der Waals surface area contributed by atoms with Crippen LogP contribution in [0.5, 0.6) is 0 Å². The predicted molar refractivity (Wildman–Crippen MR) is 129 cm³/mol. The number of carbonyl (C=O) groups is 2. The van der Waals surface area contributed by atoms with E-state index in [-0.39, 0.29) is 23.9 Å². The summed E-state index contributed by atoms with van der Waals surface area (Å²) in [5.74, 6) is 0.395. The molecule has 0 radical (unpaired) electrons. The monoisotopic (exact) mass is 469 g/mol. The Morgan fingerprint density at radius 1 is 0.970 bits per heavy atom. The summed E-state index contributed by atoms with van der Waals surface area (Å²) in [6.45, 7) is 4.65. The van der Waals surface area contributed by atoms with Gasteiger partial charge >= 0.3 is 6.03 Å². The Morgan fingerprint density at radius 2 is 1.70 bits per heavy atom. The van der Waals surface area contributed by atoms with Crippen molar-refractivity contribution in [3.05, 3.63) is 64.9 Å². The SMILES string of the molecule is O=C(NCc1cccc(Cl)c1)NC1CCN(C(=O)C2CCN(Cc3ccncc3)CC2)CC1. The van der Waals surface area contributed by atoms with E-state index < -0.39 is 0 Å². The van der Waals surface area contributed by atoms with Crippen LogP contribution in [-0.4, -0.2) is 58.9 Å². The highest BCUT2D eigenvalue weighted by Gasteiger charge is 2.31. The van der Waals surface area contributed by atoms with Gasteiger partial charge in [-0.3, -0.25) is 14.7 Å². The third-order valence-corrected chi connectivity index (χ3v) is 6.81. The second-order valence-corrected chi connectivity index (χ2v) is 9.40. The number of hydrogen-bond donors (Lipinski definition) is 2. The smallest absolute Gasteiger partial charge is 0.315 e. The summed E-state index contributed by atoms with van der Waals surface area (Å²) in [6.07, 6.45) is 7.05. The lowest BCUT2D eigenvalue weighted by Gasteiger charge is -2.37. The van der Waals surface area contributed by atoms with Crippen molar-refractivity contribution in [1.29, 1.82) is 0 Å². The van der Waals surface area contributed by atoms with Crippen LogP contribution in [0.1, 0.15) is 36.8 Å². The van der Waals surface area contributed by atoms with Gasteiger partial charge in [-0.1, -0.05) is 23.7 Å². The average Bonchev–Trinajstić information content (AvgIpc) is 2.84. The quantitative estimate of drug-likeness (QED) is 0.679. The molecule has 2 aliphatic rings. The minimum Gasteiger partial charge on any atom is -0.342 e. The first-order valence-corrected chi connectivity index (χ1v) is 12.1. The molecule has 8 heteroatoms. The number of pyridine rings is 1. The molecule has 176 valence electrons. The molecule has 7 nitrogen and oxygen atoms in total. The van der Waals surface area contributed by atoms with Gasteiger partial charge in [-0.2, -0.15) is 0 Å². The first-order valence-electron chi connectivity index (χ1n) is 11.8. The van der Waals surface area contributed by atoms with Crippen LogP contribution in [0.4, 0.5) is 4.79 Å². The topological polar surface area (TPSA) is 77.6 Å². The number of nitrogens with one attached hydrogen (secondary N) is 2. The number of carbonyl (C=O) groups excluding carboxylic acids is 2. The summed E-state index contributed by atoms with van der Waals surface area (Å²) in [6, 6.07) is 11.5. The van der Waals surface area contributed by atoms with Crippen molar-refractivity contribution < 1.29 is 9.59 Å². The molecule has 0 unspecified atom stereocenters. The van der Waals surface area contributed by atoms with Gasteiger partial charge in [0.25, 0.3) is 0 Å². The van der Waals surface area contributed by atoms with E-state index in [0.29, 0.717) is 24.7 Å². The normalized spacial score (nSPS) is 18.2. The highest BCUT2D eigenvalue weighted by atomic mass is 35.5. The summed E-state index contributed by atoms with van der Waals surface area (Å²) in [7, 11) is 0. The maximum atomic E-state index is 13.0. The molecular formula is C25H32ClN5O2. The summed E-state index contributed by atoms with van der Waals surface area (Å²) in [5.41, 5.74) is 2.23. The molecule has 2 N–H and O–H groups in total. The number of urea groups is 1. The molecule has 2 aromatic rings. The van der Waals surface area contributed by atoms with E-state index in [1.54, 1.807) is 0 Å². The molecular weight excluding hydrogens is 438 g/mol. The number of nitrogens with zero attached hydrogens (tertiary/aromatic N) is 3. The highest BCUT2D eigenvalue weighted by molar-refractivity contribution is 6.30. The van der Waals surface area contributed by atoms with Crippen LogP contribution in [0.15, 0.2) is 48.8 Å². The number of hydrogen-bond acceptors (Lipinski definition) is 4. The number of rotatable bonds is 6. The molecule has 1 aromatic carbocycles. The average molecular weight is 470 g/mol. The third kappa shape index (κ3) is 6.92. The number of benzene rings is 1. The van der Waals surface area contributed by atoms with Crippen LogP contribution < -0.4 is 10.6 Å². The van der Waals surface area contributed by atoms with E-state index in [2.05, 4.69) is 20.5 Å². The minimum absolute atomic E-state index is 0.0932. The summed E-state index contributed by atoms with van der Waals surface area (Å²) < 4.78 is 0. The fraction of sp³-hybridized carbons (Fsp3) is 0.480. The van der Waals surface area contributed by atoms with Crippen molar-refractivity contribution >= 4 is 23.5 Å². The van der Waals surface area contributed by atoms with Gasteiger partial charge in [0.15, 0.2) is 0 Å². The lowest BCUT2D eigenvalue weighted by atomic mass is 9.93.